The molecule has 4 rings (SSSR count). The molecule has 0 atom stereocenters. The Balaban J connectivity index is 1.75. The van der Waals surface area contributed by atoms with Crippen LogP contribution in [0, 0.1) is 0 Å². The van der Waals surface area contributed by atoms with Gasteiger partial charge in [-0.25, -0.2) is 4.79 Å². The molecule has 0 saturated heterocycles. The lowest BCUT2D eigenvalue weighted by molar-refractivity contribution is 0.393. The lowest BCUT2D eigenvalue weighted by Gasteiger charge is -2.20. The van der Waals surface area contributed by atoms with Crippen LogP contribution in [0.25, 0.3) is 11.2 Å². The normalized spacial score (nSPS) is 14.8. The quantitative estimate of drug-likeness (QED) is 0.674. The molecule has 4 heterocycles. The molecule has 0 amide bonds. The van der Waals surface area contributed by atoms with Crippen molar-refractivity contribution >= 4 is 17.1 Å². The fourth-order valence-corrected chi connectivity index (χ4v) is 3.67. The van der Waals surface area contributed by atoms with Crippen LogP contribution in [0.1, 0.15) is 17.8 Å². The number of nitrogens with one attached hydrogen (secondary N) is 1. The van der Waals surface area contributed by atoms with Crippen molar-refractivity contribution in [1.29, 1.82) is 0 Å². The molecule has 0 saturated carbocycles. The van der Waals surface area contributed by atoms with Crippen LogP contribution in [0.2, 0.25) is 0 Å². The maximum Gasteiger partial charge on any atom is 0.329 e. The second-order valence-electron chi connectivity index (χ2n) is 7.32. The molecule has 0 radical (unpaired) electrons. The van der Waals surface area contributed by atoms with E-state index in [-0.39, 0.29) is 0 Å². The van der Waals surface area contributed by atoms with Crippen molar-refractivity contribution in [3.8, 4) is 0 Å². The molecule has 0 aromatic carbocycles. The fraction of sp³-hybridized carbons (Fsp3) is 0.529. The van der Waals surface area contributed by atoms with Crippen LogP contribution in [-0.4, -0.2) is 54.4 Å². The van der Waals surface area contributed by atoms with Gasteiger partial charge >= 0.3 is 5.69 Å². The Morgan fingerprint density at radius 3 is 2.70 bits per heavy atom. The number of fused-ring (bicyclic) bond motifs is 2. The van der Waals surface area contributed by atoms with Gasteiger partial charge in [-0.1, -0.05) is 0 Å². The Bertz CT molecular complexity index is 1120. The van der Waals surface area contributed by atoms with E-state index in [1.165, 1.54) is 4.57 Å². The van der Waals surface area contributed by atoms with Gasteiger partial charge in [-0.15, -0.1) is 0 Å². The Kier molecular flexibility index (Phi) is 4.14. The van der Waals surface area contributed by atoms with Gasteiger partial charge in [-0.05, 0) is 26.6 Å². The molecule has 3 aromatic rings. The predicted octanol–water partition coefficient (Wildman–Crippen LogP) is -0.371. The van der Waals surface area contributed by atoms with Crippen molar-refractivity contribution in [3.63, 3.8) is 0 Å². The van der Waals surface area contributed by atoms with Gasteiger partial charge in [0, 0.05) is 33.7 Å². The summed E-state index contributed by atoms with van der Waals surface area (Å²) in [6, 6.07) is 2.13. The first-order chi connectivity index (χ1) is 12.8. The van der Waals surface area contributed by atoms with Gasteiger partial charge in [0.05, 0.1) is 17.9 Å². The van der Waals surface area contributed by atoms with Gasteiger partial charge < -0.3 is 14.4 Å². The summed E-state index contributed by atoms with van der Waals surface area (Å²) < 4.78 is 5.20. The van der Waals surface area contributed by atoms with Crippen LogP contribution >= 0.6 is 0 Å². The summed E-state index contributed by atoms with van der Waals surface area (Å²) in [5, 5.41) is 4.70. The lowest BCUT2D eigenvalue weighted by Crippen LogP contribution is -2.29. The molecule has 1 aliphatic rings. The monoisotopic (exact) mass is 372 g/mol. The van der Waals surface area contributed by atoms with Crippen LogP contribution in [0.3, 0.4) is 0 Å². The summed E-state index contributed by atoms with van der Waals surface area (Å²) in [5.41, 5.74) is 2.09. The van der Waals surface area contributed by atoms with Gasteiger partial charge in [0.25, 0.3) is 5.56 Å². The molecule has 10 nitrogen and oxygen atoms in total. The zero-order valence-electron chi connectivity index (χ0n) is 16.1. The van der Waals surface area contributed by atoms with E-state index in [1.807, 2.05) is 21.1 Å². The highest BCUT2D eigenvalue weighted by Gasteiger charge is 2.23. The number of hydrogen-bond donors (Lipinski definition) is 1. The zero-order valence-corrected chi connectivity index (χ0v) is 16.1. The number of aromatic nitrogens is 6. The van der Waals surface area contributed by atoms with Crippen LogP contribution < -0.4 is 16.1 Å². The third kappa shape index (κ3) is 2.95. The van der Waals surface area contributed by atoms with Gasteiger partial charge in [0.1, 0.15) is 0 Å². The highest BCUT2D eigenvalue weighted by molar-refractivity contribution is 5.74. The summed E-state index contributed by atoms with van der Waals surface area (Å²) in [6.07, 6.45) is 0.925. The molecular formula is C17H24N8O2. The minimum Gasteiger partial charge on any atom is -0.336 e. The van der Waals surface area contributed by atoms with Crippen molar-refractivity contribution in [2.45, 2.75) is 26.1 Å². The number of nitrogens with zero attached hydrogens (tertiary/aromatic N) is 7. The highest BCUT2D eigenvalue weighted by Crippen LogP contribution is 2.22. The maximum atomic E-state index is 12.3. The summed E-state index contributed by atoms with van der Waals surface area (Å²) in [6.45, 7) is 3.10. The molecule has 1 N–H and O–H groups in total. The SMILES string of the molecule is CN(C)Cc1cc2n(n1)CCCN(c1nc3c(c(=O)[nH]c(=O)n3C)n1C)C2. The molecule has 0 spiro atoms. The summed E-state index contributed by atoms with van der Waals surface area (Å²) in [7, 11) is 7.47. The molecule has 0 unspecified atom stereocenters. The summed E-state index contributed by atoms with van der Waals surface area (Å²) in [5.74, 6) is 0.681. The molecule has 0 aliphatic carbocycles. The van der Waals surface area contributed by atoms with Crippen LogP contribution in [0.15, 0.2) is 15.7 Å². The van der Waals surface area contributed by atoms with E-state index in [2.05, 4.69) is 30.5 Å². The van der Waals surface area contributed by atoms with E-state index in [4.69, 9.17) is 5.10 Å². The van der Waals surface area contributed by atoms with E-state index in [1.54, 1.807) is 11.6 Å². The summed E-state index contributed by atoms with van der Waals surface area (Å²) >= 11 is 0. The van der Waals surface area contributed by atoms with Crippen LogP contribution in [0.4, 0.5) is 5.95 Å². The van der Waals surface area contributed by atoms with Crippen LogP contribution in [0.5, 0.6) is 0 Å². The van der Waals surface area contributed by atoms with Crippen molar-refractivity contribution in [1.82, 2.24) is 33.8 Å². The second-order valence-corrected chi connectivity index (χ2v) is 7.32. The van der Waals surface area contributed by atoms with E-state index >= 15 is 0 Å². The molecule has 3 aromatic heterocycles. The topological polar surface area (TPSA) is 97.0 Å². The molecule has 0 bridgehead atoms. The Labute approximate surface area is 155 Å². The molecule has 27 heavy (non-hydrogen) atoms. The molecule has 1 aliphatic heterocycles. The van der Waals surface area contributed by atoms with E-state index in [0.717, 1.165) is 37.4 Å². The minimum absolute atomic E-state index is 0.396. The first kappa shape index (κ1) is 17.5. The summed E-state index contributed by atoms with van der Waals surface area (Å²) in [4.78, 5) is 35.4. The first-order valence-corrected chi connectivity index (χ1v) is 8.96. The number of imidazole rings is 1. The number of H-pyrrole nitrogens is 1. The van der Waals surface area contributed by atoms with E-state index in [0.29, 0.717) is 23.7 Å². The standard InChI is InChI=1S/C17H24N8O2/c1-21(2)9-11-8-12-10-24(6-5-7-25(12)20-11)16-18-14-13(22(16)3)15(26)19-17(27)23(14)4/h8H,5-7,9-10H2,1-4H3,(H,19,26,27). The predicted molar refractivity (Wildman–Crippen MR) is 102 cm³/mol. The first-order valence-electron chi connectivity index (χ1n) is 8.96. The number of anilines is 1. The van der Waals surface area contributed by atoms with Gasteiger partial charge in [0.2, 0.25) is 5.95 Å². The van der Waals surface area contributed by atoms with Crippen molar-refractivity contribution < 1.29 is 0 Å². The minimum atomic E-state index is -0.459. The van der Waals surface area contributed by atoms with E-state index < -0.39 is 11.2 Å². The lowest BCUT2D eigenvalue weighted by atomic mass is 10.3. The van der Waals surface area contributed by atoms with Gasteiger partial charge in [0.15, 0.2) is 11.2 Å². The third-order valence-corrected chi connectivity index (χ3v) is 4.94. The average molecular weight is 372 g/mol. The zero-order chi connectivity index (χ0) is 19.3. The maximum absolute atomic E-state index is 12.3. The smallest absolute Gasteiger partial charge is 0.329 e. The van der Waals surface area contributed by atoms with Gasteiger partial charge in [-0.2, -0.15) is 10.1 Å². The van der Waals surface area contributed by atoms with Crippen molar-refractivity contribution in [3.05, 3.63) is 38.3 Å². The largest absolute Gasteiger partial charge is 0.336 e. The number of hydrogen-bond acceptors (Lipinski definition) is 6. The third-order valence-electron chi connectivity index (χ3n) is 4.94. The molecule has 0 fully saturated rings. The van der Waals surface area contributed by atoms with Crippen molar-refractivity contribution in [2.75, 3.05) is 25.5 Å². The van der Waals surface area contributed by atoms with E-state index in [9.17, 15) is 9.59 Å². The van der Waals surface area contributed by atoms with Crippen molar-refractivity contribution in [2.24, 2.45) is 14.1 Å². The van der Waals surface area contributed by atoms with Crippen LogP contribution in [-0.2, 0) is 33.7 Å². The fourth-order valence-electron chi connectivity index (χ4n) is 3.67. The molecular weight excluding hydrogens is 348 g/mol. The Hall–Kier alpha value is -2.88. The second kappa shape index (κ2) is 6.38. The Morgan fingerprint density at radius 1 is 1.19 bits per heavy atom. The molecule has 10 heteroatoms. The number of rotatable bonds is 3. The number of aryl methyl sites for hydroxylation is 3. The molecule has 144 valence electrons. The van der Waals surface area contributed by atoms with Gasteiger partial charge in [-0.3, -0.25) is 19.0 Å². The highest BCUT2D eigenvalue weighted by atomic mass is 16.2. The average Bonchev–Trinajstić information content (AvgIpc) is 3.06. The number of aromatic amines is 1. The Morgan fingerprint density at radius 2 is 1.96 bits per heavy atom.